The van der Waals surface area contributed by atoms with E-state index < -0.39 is 0 Å². The molecule has 4 heteroatoms. The number of ether oxygens (including phenoxy) is 1. The van der Waals surface area contributed by atoms with Crippen molar-refractivity contribution in [1.82, 2.24) is 5.32 Å². The Morgan fingerprint density at radius 2 is 1.70 bits per heavy atom. The molecule has 0 aliphatic heterocycles. The number of hydrogen-bond acceptors (Lipinski definition) is 2. The van der Waals surface area contributed by atoms with E-state index in [1.807, 2.05) is 30.3 Å². The third-order valence-electron chi connectivity index (χ3n) is 3.10. The zero-order valence-electron chi connectivity index (χ0n) is 11.5. The van der Waals surface area contributed by atoms with Gasteiger partial charge in [-0.1, -0.05) is 48.3 Å². The lowest BCUT2D eigenvalue weighted by Gasteiger charge is -2.10. The molecule has 0 saturated carbocycles. The van der Waals surface area contributed by atoms with E-state index in [1.54, 1.807) is 7.11 Å². The summed E-state index contributed by atoms with van der Waals surface area (Å²) in [4.78, 5) is 0. The van der Waals surface area contributed by atoms with Crippen LogP contribution in [-0.4, -0.2) is 13.7 Å². The molecule has 2 nitrogen and oxygen atoms in total. The molecule has 0 atom stereocenters. The maximum Gasteiger partial charge on any atom is 0.138 e. The Hall–Kier alpha value is -1.22. The quantitative estimate of drug-likeness (QED) is 0.858. The summed E-state index contributed by atoms with van der Waals surface area (Å²) in [5.74, 6) is 0.664. The van der Waals surface area contributed by atoms with Gasteiger partial charge >= 0.3 is 0 Å². The molecule has 20 heavy (non-hydrogen) atoms. The van der Waals surface area contributed by atoms with Crippen molar-refractivity contribution in [2.75, 3.05) is 13.7 Å². The highest BCUT2D eigenvalue weighted by molar-refractivity contribution is 6.32. The second-order valence-corrected chi connectivity index (χ2v) is 5.25. The van der Waals surface area contributed by atoms with Crippen LogP contribution >= 0.6 is 23.2 Å². The molecule has 0 aliphatic rings. The van der Waals surface area contributed by atoms with Crippen molar-refractivity contribution in [3.63, 3.8) is 0 Å². The first kappa shape index (κ1) is 15.2. The van der Waals surface area contributed by atoms with Crippen LogP contribution in [0.15, 0.2) is 36.4 Å². The molecule has 1 N–H and O–H groups in total. The Morgan fingerprint density at radius 1 is 1.00 bits per heavy atom. The second kappa shape index (κ2) is 6.98. The predicted molar refractivity (Wildman–Crippen MR) is 85.8 cm³/mol. The minimum Gasteiger partial charge on any atom is -0.495 e. The van der Waals surface area contributed by atoms with E-state index in [0.29, 0.717) is 10.8 Å². The minimum atomic E-state index is 0.603. The van der Waals surface area contributed by atoms with Crippen LogP contribution in [0, 0.1) is 0 Å². The van der Waals surface area contributed by atoms with Crippen LogP contribution in [0.4, 0.5) is 0 Å². The van der Waals surface area contributed by atoms with Crippen molar-refractivity contribution in [2.45, 2.75) is 13.5 Å². The summed E-state index contributed by atoms with van der Waals surface area (Å²) in [5, 5.41) is 4.63. The van der Waals surface area contributed by atoms with Gasteiger partial charge in [-0.2, -0.15) is 0 Å². The van der Waals surface area contributed by atoms with Gasteiger partial charge in [0, 0.05) is 11.6 Å². The molecule has 2 rings (SSSR count). The second-order valence-electron chi connectivity index (χ2n) is 4.44. The molecule has 2 aromatic carbocycles. The number of methoxy groups -OCH3 is 1. The standard InChI is InChI=1S/C16H17Cl2NO/c1-3-19-10-13-5-4-11(8-15(13)18)12-6-7-14(17)16(9-12)20-2/h4-9,19H,3,10H2,1-2H3. The molecule has 0 bridgehead atoms. The van der Waals surface area contributed by atoms with Gasteiger partial charge < -0.3 is 10.1 Å². The third-order valence-corrected chi connectivity index (χ3v) is 3.77. The molecule has 0 amide bonds. The van der Waals surface area contributed by atoms with Crippen LogP contribution in [0.2, 0.25) is 10.0 Å². The van der Waals surface area contributed by atoms with Crippen molar-refractivity contribution in [2.24, 2.45) is 0 Å². The highest BCUT2D eigenvalue weighted by Gasteiger charge is 2.06. The van der Waals surface area contributed by atoms with E-state index in [4.69, 9.17) is 27.9 Å². The highest BCUT2D eigenvalue weighted by Crippen LogP contribution is 2.32. The van der Waals surface area contributed by atoms with Gasteiger partial charge in [-0.25, -0.2) is 0 Å². The maximum atomic E-state index is 6.32. The van der Waals surface area contributed by atoms with E-state index in [2.05, 4.69) is 18.3 Å². The van der Waals surface area contributed by atoms with E-state index in [-0.39, 0.29) is 0 Å². The SMILES string of the molecule is CCNCc1ccc(-c2ccc(Cl)c(OC)c2)cc1Cl. The molecule has 2 aromatic rings. The van der Waals surface area contributed by atoms with Gasteiger partial charge in [0.15, 0.2) is 0 Å². The smallest absolute Gasteiger partial charge is 0.138 e. The average molecular weight is 310 g/mol. The molecule has 0 unspecified atom stereocenters. The maximum absolute atomic E-state index is 6.32. The molecule has 0 saturated heterocycles. The topological polar surface area (TPSA) is 21.3 Å². The molecule has 106 valence electrons. The van der Waals surface area contributed by atoms with Crippen LogP contribution in [-0.2, 0) is 6.54 Å². The third kappa shape index (κ3) is 3.45. The largest absolute Gasteiger partial charge is 0.495 e. The van der Waals surface area contributed by atoms with Crippen molar-refractivity contribution in [3.05, 3.63) is 52.0 Å². The molecule has 0 radical (unpaired) electrons. The van der Waals surface area contributed by atoms with Crippen molar-refractivity contribution in [3.8, 4) is 16.9 Å². The lowest BCUT2D eigenvalue weighted by molar-refractivity contribution is 0.415. The lowest BCUT2D eigenvalue weighted by atomic mass is 10.0. The van der Waals surface area contributed by atoms with E-state index in [1.165, 1.54) is 0 Å². The van der Waals surface area contributed by atoms with Gasteiger partial charge in [-0.3, -0.25) is 0 Å². The molecular formula is C16H17Cl2NO. The molecule has 0 heterocycles. The van der Waals surface area contributed by atoms with E-state index in [9.17, 15) is 0 Å². The number of nitrogens with one attached hydrogen (secondary N) is 1. The van der Waals surface area contributed by atoms with Crippen molar-refractivity contribution in [1.29, 1.82) is 0 Å². The fourth-order valence-electron chi connectivity index (χ4n) is 1.97. The van der Waals surface area contributed by atoms with E-state index >= 15 is 0 Å². The first-order valence-electron chi connectivity index (χ1n) is 6.48. The molecule has 0 aliphatic carbocycles. The summed E-state index contributed by atoms with van der Waals surface area (Å²) in [7, 11) is 1.61. The Bertz CT molecular complexity index is 599. The molecular weight excluding hydrogens is 293 g/mol. The van der Waals surface area contributed by atoms with Gasteiger partial charge in [0.05, 0.1) is 12.1 Å². The minimum absolute atomic E-state index is 0.603. The van der Waals surface area contributed by atoms with Crippen molar-refractivity contribution < 1.29 is 4.74 Å². The van der Waals surface area contributed by atoms with Crippen molar-refractivity contribution >= 4 is 23.2 Å². The van der Waals surface area contributed by atoms with Gasteiger partial charge in [0.25, 0.3) is 0 Å². The summed E-state index contributed by atoms with van der Waals surface area (Å²) in [6, 6.07) is 11.8. The highest BCUT2D eigenvalue weighted by atomic mass is 35.5. The number of halogens is 2. The summed E-state index contributed by atoms with van der Waals surface area (Å²) in [6.07, 6.45) is 0. The van der Waals surface area contributed by atoms with Crippen LogP contribution in [0.25, 0.3) is 11.1 Å². The summed E-state index contributed by atoms with van der Waals surface area (Å²) in [6.45, 7) is 3.77. The molecule has 0 spiro atoms. The van der Waals surface area contributed by atoms with E-state index in [0.717, 1.165) is 34.8 Å². The van der Waals surface area contributed by atoms with Gasteiger partial charge in [0.1, 0.15) is 5.75 Å². The zero-order valence-corrected chi connectivity index (χ0v) is 13.1. The number of rotatable bonds is 5. The van der Waals surface area contributed by atoms with Gasteiger partial charge in [-0.15, -0.1) is 0 Å². The first-order chi connectivity index (χ1) is 9.65. The lowest BCUT2D eigenvalue weighted by Crippen LogP contribution is -2.11. The van der Waals surface area contributed by atoms with Gasteiger partial charge in [0.2, 0.25) is 0 Å². The Balaban J connectivity index is 2.31. The first-order valence-corrected chi connectivity index (χ1v) is 7.24. The van der Waals surface area contributed by atoms with Crippen LogP contribution in [0.5, 0.6) is 5.75 Å². The fourth-order valence-corrected chi connectivity index (χ4v) is 2.41. The monoisotopic (exact) mass is 309 g/mol. The summed E-state index contributed by atoms with van der Waals surface area (Å²) < 4.78 is 5.24. The zero-order chi connectivity index (χ0) is 14.5. The summed E-state index contributed by atoms with van der Waals surface area (Å²) in [5.41, 5.74) is 3.17. The number of benzene rings is 2. The fraction of sp³-hybridized carbons (Fsp3) is 0.250. The normalized spacial score (nSPS) is 10.6. The predicted octanol–water partition coefficient (Wildman–Crippen LogP) is 4.78. The molecule has 0 fully saturated rings. The van der Waals surface area contributed by atoms with Gasteiger partial charge in [-0.05, 0) is 41.4 Å². The van der Waals surface area contributed by atoms with Crippen LogP contribution in [0.3, 0.4) is 0 Å². The molecule has 0 aromatic heterocycles. The Kier molecular flexibility index (Phi) is 5.30. The summed E-state index contributed by atoms with van der Waals surface area (Å²) >= 11 is 12.4. The average Bonchev–Trinajstić information content (AvgIpc) is 2.46. The van der Waals surface area contributed by atoms with Crippen LogP contribution in [0.1, 0.15) is 12.5 Å². The van der Waals surface area contributed by atoms with Crippen LogP contribution < -0.4 is 10.1 Å². The Labute approximate surface area is 129 Å². The Morgan fingerprint density at radius 3 is 2.35 bits per heavy atom. The number of hydrogen-bond donors (Lipinski definition) is 1.